The van der Waals surface area contributed by atoms with E-state index in [2.05, 4.69) is 16.0 Å². The molecule has 5 rings (SSSR count). The lowest BCUT2D eigenvalue weighted by molar-refractivity contribution is 0.457. The molecule has 0 aliphatic rings. The molecule has 3 heterocycles. The summed E-state index contributed by atoms with van der Waals surface area (Å²) in [6.07, 6.45) is 3.15. The van der Waals surface area contributed by atoms with Crippen molar-refractivity contribution in [1.82, 2.24) is 18.9 Å². The highest BCUT2D eigenvalue weighted by molar-refractivity contribution is 5.91. The van der Waals surface area contributed by atoms with Gasteiger partial charge in [-0.1, -0.05) is 35.9 Å². The third kappa shape index (κ3) is 3.61. The summed E-state index contributed by atoms with van der Waals surface area (Å²) >= 11 is 0. The van der Waals surface area contributed by atoms with Crippen molar-refractivity contribution in [2.24, 2.45) is 7.05 Å². The van der Waals surface area contributed by atoms with Gasteiger partial charge in [0, 0.05) is 13.2 Å². The first-order chi connectivity index (χ1) is 16.5. The number of aromatic nitrogens is 4. The smallest absolute Gasteiger partial charge is 0.269 e. The van der Waals surface area contributed by atoms with Gasteiger partial charge in [0.05, 0.1) is 16.6 Å². The maximum atomic E-state index is 13.5. The number of ether oxygens (including phenoxy) is 1. The van der Waals surface area contributed by atoms with Crippen LogP contribution in [0.5, 0.6) is 11.6 Å². The molecule has 0 aliphatic carbocycles. The van der Waals surface area contributed by atoms with Gasteiger partial charge in [-0.05, 0) is 55.8 Å². The number of aryl methyl sites for hydroxylation is 3. The minimum Gasteiger partial charge on any atom is -0.438 e. The number of hydrogen-bond acceptors (Lipinski definition) is 5. The summed E-state index contributed by atoms with van der Waals surface area (Å²) in [4.78, 5) is 22.7. The van der Waals surface area contributed by atoms with E-state index < -0.39 is 0 Å². The van der Waals surface area contributed by atoms with E-state index in [1.165, 1.54) is 10.5 Å². The van der Waals surface area contributed by atoms with E-state index in [0.717, 1.165) is 22.2 Å². The highest BCUT2D eigenvalue weighted by Gasteiger charge is 2.18. The zero-order valence-corrected chi connectivity index (χ0v) is 19.0. The van der Waals surface area contributed by atoms with Crippen LogP contribution in [0.3, 0.4) is 0 Å². The molecule has 0 amide bonds. The van der Waals surface area contributed by atoms with E-state index in [-0.39, 0.29) is 22.6 Å². The van der Waals surface area contributed by atoms with Crippen molar-refractivity contribution < 1.29 is 4.74 Å². The van der Waals surface area contributed by atoms with Gasteiger partial charge in [0.15, 0.2) is 5.82 Å². The van der Waals surface area contributed by atoms with E-state index in [1.807, 2.05) is 67.9 Å². The molecule has 5 aromatic rings. The summed E-state index contributed by atoms with van der Waals surface area (Å²) < 4.78 is 9.42. The molecule has 0 N–H and O–H groups in total. The number of hydrogen-bond donors (Lipinski definition) is 0. The minimum atomic E-state index is -0.336. The lowest BCUT2D eigenvalue weighted by Crippen LogP contribution is -2.19. The molecule has 0 bridgehead atoms. The molecule has 0 atom stereocenters. The first-order valence-electron chi connectivity index (χ1n) is 10.8. The van der Waals surface area contributed by atoms with E-state index in [1.54, 1.807) is 24.4 Å². The highest BCUT2D eigenvalue weighted by Crippen LogP contribution is 2.29. The van der Waals surface area contributed by atoms with Gasteiger partial charge in [-0.15, -0.1) is 0 Å². The Bertz CT molecular complexity index is 1700. The maximum absolute atomic E-state index is 13.5. The molecule has 166 valence electrons. The molecule has 0 spiro atoms. The van der Waals surface area contributed by atoms with E-state index in [4.69, 9.17) is 4.74 Å². The maximum Gasteiger partial charge on any atom is 0.269 e. The highest BCUT2D eigenvalue weighted by atomic mass is 16.5. The van der Waals surface area contributed by atoms with Crippen LogP contribution in [0.2, 0.25) is 0 Å². The fourth-order valence-electron chi connectivity index (χ4n) is 3.98. The summed E-state index contributed by atoms with van der Waals surface area (Å²) in [5.74, 6) is 1.18. The van der Waals surface area contributed by atoms with Crippen LogP contribution in [-0.2, 0) is 7.05 Å². The van der Waals surface area contributed by atoms with Crippen molar-refractivity contribution in [3.05, 3.63) is 99.7 Å². The van der Waals surface area contributed by atoms with Crippen molar-refractivity contribution in [1.29, 1.82) is 5.26 Å². The van der Waals surface area contributed by atoms with Crippen LogP contribution in [0.25, 0.3) is 28.3 Å². The Hall–Kier alpha value is -4.70. The normalized spacial score (nSPS) is 11.6. The van der Waals surface area contributed by atoms with Crippen molar-refractivity contribution >= 4 is 28.3 Å². The van der Waals surface area contributed by atoms with Gasteiger partial charge in [-0.2, -0.15) is 10.2 Å². The second kappa shape index (κ2) is 8.34. The lowest BCUT2D eigenvalue weighted by Gasteiger charge is -2.12. The number of benzene rings is 2. The third-order valence-electron chi connectivity index (χ3n) is 5.71. The Morgan fingerprint density at radius 1 is 1.06 bits per heavy atom. The number of nitriles is 1. The van der Waals surface area contributed by atoms with Crippen LogP contribution >= 0.6 is 0 Å². The van der Waals surface area contributed by atoms with Crippen molar-refractivity contribution in [3.8, 4) is 17.7 Å². The number of para-hydroxylation sites is 2. The largest absolute Gasteiger partial charge is 0.438 e. The van der Waals surface area contributed by atoms with Gasteiger partial charge in [-0.25, -0.2) is 4.98 Å². The zero-order chi connectivity index (χ0) is 23.8. The first kappa shape index (κ1) is 21.2. The van der Waals surface area contributed by atoms with E-state index >= 15 is 0 Å². The average molecular weight is 447 g/mol. The Balaban J connectivity index is 1.74. The van der Waals surface area contributed by atoms with Crippen molar-refractivity contribution in [3.63, 3.8) is 0 Å². The van der Waals surface area contributed by atoms with Crippen molar-refractivity contribution in [2.75, 3.05) is 0 Å². The van der Waals surface area contributed by atoms with Crippen LogP contribution in [0.1, 0.15) is 22.5 Å². The van der Waals surface area contributed by atoms with Gasteiger partial charge in [0.25, 0.3) is 5.56 Å². The molecule has 34 heavy (non-hydrogen) atoms. The molecule has 0 saturated heterocycles. The van der Waals surface area contributed by atoms with Gasteiger partial charge >= 0.3 is 0 Å². The molecule has 0 saturated carbocycles. The topological polar surface area (TPSA) is 85.2 Å². The molecule has 7 heteroatoms. The fraction of sp³-hybridized carbons (Fsp3) is 0.111. The number of allylic oxidation sites excluding steroid dienone is 1. The molecule has 0 radical (unpaired) electrons. The Morgan fingerprint density at radius 2 is 1.85 bits per heavy atom. The second-order valence-electron chi connectivity index (χ2n) is 8.09. The first-order valence-corrected chi connectivity index (χ1v) is 10.8. The van der Waals surface area contributed by atoms with Crippen LogP contribution in [0.4, 0.5) is 0 Å². The zero-order valence-electron chi connectivity index (χ0n) is 19.0. The molecule has 0 fully saturated rings. The standard InChI is InChI=1S/C27H21N5O2/c1-17-11-12-23(18(2)14-17)34-26-20(27(33)32-13-7-6-10-24(32)30-26)15-19(16-28)25-29-21-8-4-5-9-22(21)31(25)3/h4-15H,1-3H3. The fourth-order valence-corrected chi connectivity index (χ4v) is 3.98. The van der Waals surface area contributed by atoms with Gasteiger partial charge in [-0.3, -0.25) is 9.20 Å². The number of rotatable bonds is 4. The van der Waals surface area contributed by atoms with Crippen LogP contribution in [0, 0.1) is 25.2 Å². The summed E-state index contributed by atoms with van der Waals surface area (Å²) in [5, 5.41) is 10.0. The Labute approximate surface area is 195 Å². The third-order valence-corrected chi connectivity index (χ3v) is 5.71. The molecule has 2 aromatic carbocycles. The molecule has 7 nitrogen and oxygen atoms in total. The molecular formula is C27H21N5O2. The van der Waals surface area contributed by atoms with Crippen molar-refractivity contribution in [2.45, 2.75) is 13.8 Å². The van der Waals surface area contributed by atoms with Crippen LogP contribution < -0.4 is 10.3 Å². The summed E-state index contributed by atoms with van der Waals surface area (Å²) in [7, 11) is 1.84. The number of imidazole rings is 1. The summed E-state index contributed by atoms with van der Waals surface area (Å²) in [6, 6.07) is 20.9. The molecule has 3 aromatic heterocycles. The Kier molecular flexibility index (Phi) is 5.19. The number of pyridine rings is 1. The predicted molar refractivity (Wildman–Crippen MR) is 132 cm³/mol. The SMILES string of the molecule is Cc1ccc(Oc2nc3ccccn3c(=O)c2C=C(C#N)c2nc3ccccc3n2C)c(C)c1. The van der Waals surface area contributed by atoms with Crippen LogP contribution in [-0.4, -0.2) is 18.9 Å². The second-order valence-corrected chi connectivity index (χ2v) is 8.09. The lowest BCUT2D eigenvalue weighted by atomic mass is 10.1. The molecule has 0 aliphatic heterocycles. The summed E-state index contributed by atoms with van der Waals surface area (Å²) in [6.45, 7) is 3.94. The number of fused-ring (bicyclic) bond motifs is 2. The van der Waals surface area contributed by atoms with E-state index in [0.29, 0.717) is 17.2 Å². The average Bonchev–Trinajstić information content (AvgIpc) is 3.17. The molecular weight excluding hydrogens is 426 g/mol. The molecule has 0 unspecified atom stereocenters. The monoisotopic (exact) mass is 447 g/mol. The number of nitrogens with zero attached hydrogens (tertiary/aromatic N) is 5. The summed E-state index contributed by atoms with van der Waals surface area (Å²) in [5.41, 5.74) is 4.19. The van der Waals surface area contributed by atoms with Crippen LogP contribution in [0.15, 0.2) is 71.7 Å². The minimum absolute atomic E-state index is 0.134. The van der Waals surface area contributed by atoms with E-state index in [9.17, 15) is 10.1 Å². The quantitative estimate of drug-likeness (QED) is 0.360. The predicted octanol–water partition coefficient (Wildman–Crippen LogP) is 5.05. The Morgan fingerprint density at radius 3 is 2.62 bits per heavy atom. The van der Waals surface area contributed by atoms with Gasteiger partial charge in [0.1, 0.15) is 23.0 Å². The van der Waals surface area contributed by atoms with Gasteiger partial charge < -0.3 is 9.30 Å². The van der Waals surface area contributed by atoms with Gasteiger partial charge in [0.2, 0.25) is 5.88 Å².